The Morgan fingerprint density at radius 1 is 1.33 bits per heavy atom. The molecule has 0 aliphatic heterocycles. The maximum atomic E-state index is 11.7. The Bertz CT molecular complexity index is 253. The van der Waals surface area contributed by atoms with Gasteiger partial charge >= 0.3 is 5.97 Å². The van der Waals surface area contributed by atoms with Crippen LogP contribution in [0.3, 0.4) is 0 Å². The second-order valence-electron chi connectivity index (χ2n) is 5.94. The molecule has 0 spiro atoms. The number of esters is 1. The number of nitrogens with one attached hydrogen (secondary N) is 1. The summed E-state index contributed by atoms with van der Waals surface area (Å²) >= 11 is 0. The Labute approximate surface area is 112 Å². The van der Waals surface area contributed by atoms with E-state index in [-0.39, 0.29) is 11.9 Å². The molecule has 1 aliphatic rings. The van der Waals surface area contributed by atoms with Gasteiger partial charge in [0, 0.05) is 6.04 Å². The lowest BCUT2D eigenvalue weighted by atomic mass is 9.85. The van der Waals surface area contributed by atoms with Crippen LogP contribution >= 0.6 is 0 Å². The number of hydrogen-bond acceptors (Lipinski definition) is 3. The van der Waals surface area contributed by atoms with Crippen LogP contribution < -0.4 is 5.32 Å². The van der Waals surface area contributed by atoms with Gasteiger partial charge in [0.05, 0.1) is 12.5 Å². The summed E-state index contributed by atoms with van der Waals surface area (Å²) in [5, 5.41) is 3.62. The highest BCUT2D eigenvalue weighted by atomic mass is 16.5. The number of ether oxygens (including phenoxy) is 1. The average molecular weight is 255 g/mol. The van der Waals surface area contributed by atoms with E-state index in [0.29, 0.717) is 24.5 Å². The van der Waals surface area contributed by atoms with Gasteiger partial charge in [-0.25, -0.2) is 0 Å². The van der Waals surface area contributed by atoms with Crippen LogP contribution in [0.25, 0.3) is 0 Å². The number of rotatable bonds is 6. The minimum Gasteiger partial charge on any atom is -0.466 e. The van der Waals surface area contributed by atoms with Crippen molar-refractivity contribution in [1.29, 1.82) is 0 Å². The summed E-state index contributed by atoms with van der Waals surface area (Å²) in [5.74, 6) is 1.52. The highest BCUT2D eigenvalue weighted by Crippen LogP contribution is 2.25. The van der Waals surface area contributed by atoms with Crippen LogP contribution in [0.15, 0.2) is 0 Å². The summed E-state index contributed by atoms with van der Waals surface area (Å²) in [4.78, 5) is 11.7. The van der Waals surface area contributed by atoms with Gasteiger partial charge in [-0.15, -0.1) is 0 Å². The van der Waals surface area contributed by atoms with Gasteiger partial charge in [-0.1, -0.05) is 27.2 Å². The molecule has 0 radical (unpaired) electrons. The first-order chi connectivity index (χ1) is 8.54. The predicted octanol–water partition coefficient (Wildman–Crippen LogP) is 2.99. The van der Waals surface area contributed by atoms with Gasteiger partial charge in [-0.2, -0.15) is 0 Å². The zero-order chi connectivity index (χ0) is 13.5. The SMILES string of the molecule is CCOC(=O)C1CCCC(NCC(C)C(C)C)C1. The van der Waals surface area contributed by atoms with Gasteiger partial charge in [0.1, 0.15) is 0 Å². The van der Waals surface area contributed by atoms with Gasteiger partial charge in [0.2, 0.25) is 0 Å². The molecule has 106 valence electrons. The molecular formula is C15H29NO2. The van der Waals surface area contributed by atoms with Crippen LogP contribution in [0.2, 0.25) is 0 Å². The second kappa shape index (κ2) is 7.78. The lowest BCUT2D eigenvalue weighted by molar-refractivity contribution is -0.149. The molecule has 1 N–H and O–H groups in total. The lowest BCUT2D eigenvalue weighted by Gasteiger charge is -2.30. The van der Waals surface area contributed by atoms with Crippen molar-refractivity contribution < 1.29 is 9.53 Å². The van der Waals surface area contributed by atoms with E-state index < -0.39 is 0 Å². The van der Waals surface area contributed by atoms with Gasteiger partial charge in [0.15, 0.2) is 0 Å². The predicted molar refractivity (Wildman–Crippen MR) is 74.4 cm³/mol. The molecule has 0 aromatic carbocycles. The number of carbonyl (C=O) groups is 1. The first kappa shape index (κ1) is 15.5. The summed E-state index contributed by atoms with van der Waals surface area (Å²) in [7, 11) is 0. The number of hydrogen-bond donors (Lipinski definition) is 1. The summed E-state index contributed by atoms with van der Waals surface area (Å²) in [6.07, 6.45) is 4.28. The van der Waals surface area contributed by atoms with Gasteiger partial charge in [0.25, 0.3) is 0 Å². The molecule has 0 saturated heterocycles. The molecule has 0 amide bonds. The Morgan fingerprint density at radius 3 is 2.67 bits per heavy atom. The maximum Gasteiger partial charge on any atom is 0.308 e. The van der Waals surface area contributed by atoms with Crippen molar-refractivity contribution >= 4 is 5.97 Å². The van der Waals surface area contributed by atoms with E-state index in [1.54, 1.807) is 0 Å². The van der Waals surface area contributed by atoms with E-state index >= 15 is 0 Å². The molecule has 3 atom stereocenters. The van der Waals surface area contributed by atoms with Crippen molar-refractivity contribution in [3.8, 4) is 0 Å². The molecule has 0 aromatic heterocycles. The summed E-state index contributed by atoms with van der Waals surface area (Å²) < 4.78 is 5.13. The van der Waals surface area contributed by atoms with E-state index in [2.05, 4.69) is 26.1 Å². The van der Waals surface area contributed by atoms with E-state index in [1.165, 1.54) is 6.42 Å². The molecule has 3 heteroatoms. The van der Waals surface area contributed by atoms with Crippen LogP contribution in [0.4, 0.5) is 0 Å². The molecule has 0 bridgehead atoms. The smallest absolute Gasteiger partial charge is 0.308 e. The lowest BCUT2D eigenvalue weighted by Crippen LogP contribution is -2.39. The zero-order valence-electron chi connectivity index (χ0n) is 12.4. The van der Waals surface area contributed by atoms with Gasteiger partial charge in [-0.05, 0) is 44.6 Å². The third-order valence-corrected chi connectivity index (χ3v) is 4.16. The van der Waals surface area contributed by atoms with Crippen molar-refractivity contribution in [3.05, 3.63) is 0 Å². The highest BCUT2D eigenvalue weighted by Gasteiger charge is 2.28. The molecule has 3 nitrogen and oxygen atoms in total. The first-order valence-electron chi connectivity index (χ1n) is 7.44. The molecule has 1 aliphatic carbocycles. The molecule has 1 saturated carbocycles. The standard InChI is InChI=1S/C15H29NO2/c1-5-18-15(17)13-7-6-8-14(9-13)16-10-12(4)11(2)3/h11-14,16H,5-10H2,1-4H3. The summed E-state index contributed by atoms with van der Waals surface area (Å²) in [5.41, 5.74) is 0. The molecule has 1 fully saturated rings. The largest absolute Gasteiger partial charge is 0.466 e. The van der Waals surface area contributed by atoms with Crippen molar-refractivity contribution in [2.75, 3.05) is 13.2 Å². The maximum absolute atomic E-state index is 11.7. The van der Waals surface area contributed by atoms with Crippen molar-refractivity contribution in [1.82, 2.24) is 5.32 Å². The fourth-order valence-corrected chi connectivity index (χ4v) is 2.44. The monoisotopic (exact) mass is 255 g/mol. The molecule has 18 heavy (non-hydrogen) atoms. The van der Waals surface area contributed by atoms with Crippen LogP contribution in [0.1, 0.15) is 53.4 Å². The Balaban J connectivity index is 2.32. The van der Waals surface area contributed by atoms with Crippen molar-refractivity contribution in [3.63, 3.8) is 0 Å². The Morgan fingerprint density at radius 2 is 2.06 bits per heavy atom. The fourth-order valence-electron chi connectivity index (χ4n) is 2.44. The van der Waals surface area contributed by atoms with Gasteiger partial charge < -0.3 is 10.1 Å². The molecule has 3 unspecified atom stereocenters. The number of carbonyl (C=O) groups excluding carboxylic acids is 1. The van der Waals surface area contributed by atoms with E-state index in [9.17, 15) is 4.79 Å². The third kappa shape index (κ3) is 4.97. The quantitative estimate of drug-likeness (QED) is 0.742. The zero-order valence-corrected chi connectivity index (χ0v) is 12.4. The summed E-state index contributed by atoms with van der Waals surface area (Å²) in [6, 6.07) is 0.495. The fraction of sp³-hybridized carbons (Fsp3) is 0.933. The second-order valence-corrected chi connectivity index (χ2v) is 5.94. The van der Waals surface area contributed by atoms with E-state index in [4.69, 9.17) is 4.74 Å². The van der Waals surface area contributed by atoms with Gasteiger partial charge in [-0.3, -0.25) is 4.79 Å². The molecule has 1 rings (SSSR count). The Kier molecular flexibility index (Phi) is 6.69. The van der Waals surface area contributed by atoms with Crippen LogP contribution in [0.5, 0.6) is 0 Å². The Hall–Kier alpha value is -0.570. The molecule has 0 aromatic rings. The normalized spacial score (nSPS) is 26.1. The molecule has 0 heterocycles. The topological polar surface area (TPSA) is 38.3 Å². The first-order valence-corrected chi connectivity index (χ1v) is 7.44. The summed E-state index contributed by atoms with van der Waals surface area (Å²) in [6.45, 7) is 10.2. The minimum atomic E-state index is 0.000841. The van der Waals surface area contributed by atoms with Crippen LogP contribution in [0, 0.1) is 17.8 Å². The minimum absolute atomic E-state index is 0.000841. The molecular weight excluding hydrogens is 226 g/mol. The average Bonchev–Trinajstić information content (AvgIpc) is 2.36. The van der Waals surface area contributed by atoms with Crippen LogP contribution in [-0.4, -0.2) is 25.2 Å². The third-order valence-electron chi connectivity index (χ3n) is 4.16. The van der Waals surface area contributed by atoms with E-state index in [1.807, 2.05) is 6.92 Å². The van der Waals surface area contributed by atoms with Crippen LogP contribution in [-0.2, 0) is 9.53 Å². The van der Waals surface area contributed by atoms with E-state index in [0.717, 1.165) is 25.8 Å². The highest BCUT2D eigenvalue weighted by molar-refractivity contribution is 5.72. The van der Waals surface area contributed by atoms with Crippen molar-refractivity contribution in [2.24, 2.45) is 17.8 Å². The van der Waals surface area contributed by atoms with Crippen molar-refractivity contribution in [2.45, 2.75) is 59.4 Å².